The molecule has 326 valence electrons. The number of benzene rings is 3. The average molecular weight is 909 g/mol. The molecule has 5 N–H and O–H groups in total. The van der Waals surface area contributed by atoms with E-state index in [2.05, 4.69) is 31.3 Å². The lowest BCUT2D eigenvalue weighted by molar-refractivity contribution is -0.183. The van der Waals surface area contributed by atoms with E-state index in [-0.39, 0.29) is 33.8 Å². The first kappa shape index (κ1) is 43.4. The highest BCUT2D eigenvalue weighted by atomic mass is 32.2. The van der Waals surface area contributed by atoms with E-state index < -0.39 is 51.9 Å². The molecule has 0 unspecified atom stereocenters. The predicted octanol–water partition coefficient (Wildman–Crippen LogP) is 5.15. The number of nitrogen functional groups attached to an aromatic ring is 1. The molecule has 63 heavy (non-hydrogen) atoms. The van der Waals surface area contributed by atoms with Crippen molar-refractivity contribution >= 4 is 69.5 Å². The monoisotopic (exact) mass is 908 g/mol. The molecule has 1 saturated carbocycles. The van der Waals surface area contributed by atoms with E-state index >= 15 is 0 Å². The Labute approximate surface area is 374 Å². The van der Waals surface area contributed by atoms with Crippen LogP contribution < -0.4 is 16.5 Å². The summed E-state index contributed by atoms with van der Waals surface area (Å²) in [5.74, 6) is 2.83. The number of tetrazole rings is 1. The number of fused-ring (bicyclic) bond motifs is 1. The van der Waals surface area contributed by atoms with E-state index in [9.17, 15) is 24.3 Å². The first-order valence-electron chi connectivity index (χ1n) is 20.1. The third kappa shape index (κ3) is 8.74. The molecule has 1 saturated heterocycles. The average Bonchev–Trinajstić information content (AvgIpc) is 4.06. The standard InChI is InChI=1S/C43H44N10O7S3/c1-41(2,3)59-38(58)42(21-13-14-22-42)60-49-31(34(54)46-32-35(55)52-33(37(56)57)26(23-61-36(32)52)24-63-40-48-50-51-53(40)44)30-25-62-39(45-30)47-43(27-15-7-4-8-16-27,28-17-9-5-10-18-28)29-19-11-6-12-20-29/h4-12,15-20,25,32,36H,13-14,21-24,44H2,1-3H3,(H,45,47)(H,46,54)(H,56,57)/t32-,36+/m1/s1. The van der Waals surface area contributed by atoms with E-state index in [0.29, 0.717) is 36.4 Å². The van der Waals surface area contributed by atoms with Crippen LogP contribution in [-0.2, 0) is 34.3 Å². The molecule has 2 fully saturated rings. The van der Waals surface area contributed by atoms with Crippen LogP contribution in [-0.4, -0.2) is 98.9 Å². The summed E-state index contributed by atoms with van der Waals surface area (Å²) < 4.78 is 5.77. The summed E-state index contributed by atoms with van der Waals surface area (Å²) in [4.78, 5) is 67.8. The number of aromatic nitrogens is 5. The van der Waals surface area contributed by atoms with Gasteiger partial charge in [-0.05, 0) is 66.3 Å². The molecule has 8 rings (SSSR count). The van der Waals surface area contributed by atoms with Gasteiger partial charge in [0.25, 0.3) is 11.8 Å². The smallest absolute Gasteiger partial charge is 0.353 e. The lowest BCUT2D eigenvalue weighted by atomic mass is 9.77. The summed E-state index contributed by atoms with van der Waals surface area (Å²) in [7, 11) is 0. The summed E-state index contributed by atoms with van der Waals surface area (Å²) in [6.07, 6.45) is 1.99. The van der Waals surface area contributed by atoms with Crippen molar-refractivity contribution in [2.75, 3.05) is 22.7 Å². The number of hydrogen-bond acceptors (Lipinski definition) is 16. The number of esters is 1. The van der Waals surface area contributed by atoms with Crippen molar-refractivity contribution < 1.29 is 33.9 Å². The van der Waals surface area contributed by atoms with Gasteiger partial charge in [0.2, 0.25) is 10.8 Å². The molecule has 3 aromatic carbocycles. The number of nitrogens with one attached hydrogen (secondary N) is 2. The van der Waals surface area contributed by atoms with E-state index in [0.717, 1.165) is 33.2 Å². The summed E-state index contributed by atoms with van der Waals surface area (Å²) in [5.41, 5.74) is -0.273. The fourth-order valence-electron chi connectivity index (χ4n) is 7.80. The summed E-state index contributed by atoms with van der Waals surface area (Å²) in [6.45, 7) is 5.29. The van der Waals surface area contributed by atoms with Gasteiger partial charge >= 0.3 is 11.9 Å². The van der Waals surface area contributed by atoms with Crippen molar-refractivity contribution in [1.82, 2.24) is 35.5 Å². The van der Waals surface area contributed by atoms with Crippen LogP contribution in [0.25, 0.3) is 0 Å². The number of ether oxygens (including phenoxy) is 1. The molecule has 4 heterocycles. The minimum absolute atomic E-state index is 0.119. The largest absolute Gasteiger partial charge is 0.477 e. The van der Waals surface area contributed by atoms with Crippen molar-refractivity contribution in [3.05, 3.63) is 130 Å². The third-order valence-corrected chi connectivity index (χ3v) is 13.9. The molecule has 17 nitrogen and oxygen atoms in total. The molecular formula is C43H44N10O7S3. The van der Waals surface area contributed by atoms with E-state index in [1.54, 1.807) is 26.2 Å². The number of thiazole rings is 1. The zero-order chi connectivity index (χ0) is 44.4. The van der Waals surface area contributed by atoms with Crippen molar-refractivity contribution in [3.8, 4) is 0 Å². The maximum atomic E-state index is 14.5. The van der Waals surface area contributed by atoms with Crippen LogP contribution in [0.4, 0.5) is 5.13 Å². The van der Waals surface area contributed by atoms with E-state index in [1.165, 1.54) is 28.0 Å². The Hall–Kier alpha value is -6.25. The third-order valence-electron chi connectivity index (χ3n) is 10.7. The minimum atomic E-state index is -1.45. The van der Waals surface area contributed by atoms with Gasteiger partial charge in [0, 0.05) is 29.7 Å². The van der Waals surface area contributed by atoms with Crippen molar-refractivity contribution in [3.63, 3.8) is 0 Å². The zero-order valence-electron chi connectivity index (χ0n) is 34.5. The number of oxime groups is 1. The van der Waals surface area contributed by atoms with Crippen LogP contribution in [0.3, 0.4) is 0 Å². The Morgan fingerprint density at radius 1 is 0.968 bits per heavy atom. The Morgan fingerprint density at radius 3 is 2.11 bits per heavy atom. The molecular weight excluding hydrogens is 865 g/mol. The Kier molecular flexibility index (Phi) is 12.3. The number of hydrogen-bond donors (Lipinski definition) is 4. The minimum Gasteiger partial charge on any atom is -0.477 e. The van der Waals surface area contributed by atoms with E-state index in [1.807, 2.05) is 91.0 Å². The van der Waals surface area contributed by atoms with Gasteiger partial charge in [0.15, 0.2) is 10.8 Å². The fraction of sp³-hybridized carbons (Fsp3) is 0.326. The maximum Gasteiger partial charge on any atom is 0.353 e. The molecule has 2 atom stereocenters. The second-order valence-corrected chi connectivity index (χ2v) is 19.0. The first-order chi connectivity index (χ1) is 30.3. The summed E-state index contributed by atoms with van der Waals surface area (Å²) in [5, 5.41) is 33.7. The highest BCUT2D eigenvalue weighted by Crippen LogP contribution is 2.43. The lowest BCUT2D eigenvalue weighted by Crippen LogP contribution is -2.71. The number of carboxylic acids is 1. The van der Waals surface area contributed by atoms with Crippen LogP contribution in [0.1, 0.15) is 68.8 Å². The van der Waals surface area contributed by atoms with Crippen LogP contribution in [0, 0.1) is 0 Å². The molecule has 20 heteroatoms. The molecule has 2 aromatic heterocycles. The number of nitrogens with zero attached hydrogens (tertiary/aromatic N) is 7. The van der Waals surface area contributed by atoms with Gasteiger partial charge in [-0.2, -0.15) is 0 Å². The molecule has 2 aliphatic heterocycles. The molecule has 1 aliphatic carbocycles. The molecule has 0 spiro atoms. The molecule has 0 radical (unpaired) electrons. The number of carboxylic acid groups (broad SMARTS) is 1. The van der Waals surface area contributed by atoms with Gasteiger partial charge < -0.3 is 31.2 Å². The number of nitrogens with two attached hydrogens (primary N) is 1. The molecule has 5 aromatic rings. The van der Waals surface area contributed by atoms with Gasteiger partial charge in [-0.25, -0.2) is 14.6 Å². The van der Waals surface area contributed by atoms with Crippen molar-refractivity contribution in [2.24, 2.45) is 5.16 Å². The first-order valence-corrected chi connectivity index (χ1v) is 23.0. The second-order valence-electron chi connectivity index (χ2n) is 16.1. The highest BCUT2D eigenvalue weighted by molar-refractivity contribution is 8.01. The molecule has 3 aliphatic rings. The molecule has 2 amide bonds. The SMILES string of the molecule is CC(C)(C)OC(=O)C1(ON=C(C(=O)N[C@@H]2C(=O)N3C(C(=O)O)=C(CSc4nnnn4N)CS[C@@H]23)c2csc(NC(c3ccccc3)(c3ccccc3)c3ccccc3)n2)CCCC1. The summed E-state index contributed by atoms with van der Waals surface area (Å²) in [6, 6.07) is 28.8. The van der Waals surface area contributed by atoms with Gasteiger partial charge in [-0.15, -0.1) is 27.9 Å². The van der Waals surface area contributed by atoms with Crippen LogP contribution in [0.2, 0.25) is 0 Å². The van der Waals surface area contributed by atoms with Crippen molar-refractivity contribution in [2.45, 2.75) is 79.8 Å². The Bertz CT molecular complexity index is 2460. The normalized spacial score (nSPS) is 18.6. The number of carbonyl (C=O) groups is 4. The van der Waals surface area contributed by atoms with Crippen molar-refractivity contribution in [1.29, 1.82) is 0 Å². The number of carbonyl (C=O) groups excluding carboxylic acids is 3. The Morgan fingerprint density at radius 2 is 1.57 bits per heavy atom. The van der Waals surface area contributed by atoms with Crippen LogP contribution >= 0.6 is 34.9 Å². The van der Waals surface area contributed by atoms with Gasteiger partial charge in [0.05, 0.1) is 0 Å². The quantitative estimate of drug-likeness (QED) is 0.0203. The topological polar surface area (TPSA) is 229 Å². The number of thioether (sulfide) groups is 2. The predicted molar refractivity (Wildman–Crippen MR) is 238 cm³/mol. The van der Waals surface area contributed by atoms with Crippen LogP contribution in [0.15, 0.2) is 118 Å². The Balaban J connectivity index is 1.13. The van der Waals surface area contributed by atoms with Gasteiger partial charge in [-0.1, -0.05) is 113 Å². The van der Waals surface area contributed by atoms with Crippen LogP contribution in [0.5, 0.6) is 0 Å². The van der Waals surface area contributed by atoms with Gasteiger partial charge in [-0.3, -0.25) is 14.5 Å². The number of rotatable bonds is 15. The number of amides is 2. The number of aliphatic carboxylic acids is 1. The number of anilines is 1. The summed E-state index contributed by atoms with van der Waals surface area (Å²) >= 11 is 3.67. The highest BCUT2D eigenvalue weighted by Gasteiger charge is 2.55. The second kappa shape index (κ2) is 17.9. The fourth-order valence-corrected chi connectivity index (χ4v) is 10.8. The van der Waals surface area contributed by atoms with E-state index in [4.69, 9.17) is 20.4 Å². The lowest BCUT2D eigenvalue weighted by Gasteiger charge is -2.49. The molecule has 0 bridgehead atoms. The number of β-lactam (4-membered cyclic amide) rings is 1. The maximum absolute atomic E-state index is 14.5. The zero-order valence-corrected chi connectivity index (χ0v) is 36.9. The van der Waals surface area contributed by atoms with Gasteiger partial charge in [0.1, 0.15) is 33.9 Å².